The quantitative estimate of drug-likeness (QED) is 0.721. The summed E-state index contributed by atoms with van der Waals surface area (Å²) in [5.74, 6) is 4.37. The summed E-state index contributed by atoms with van der Waals surface area (Å²) < 4.78 is 11.4. The highest BCUT2D eigenvalue weighted by molar-refractivity contribution is 9.10. The first-order chi connectivity index (χ1) is 8.13. The van der Waals surface area contributed by atoms with Gasteiger partial charge in [0.15, 0.2) is 11.5 Å². The predicted molar refractivity (Wildman–Crippen MR) is 61.5 cm³/mol. The van der Waals surface area contributed by atoms with Crippen LogP contribution in [0.2, 0.25) is 0 Å². The van der Waals surface area contributed by atoms with Crippen LogP contribution in [-0.4, -0.2) is 12.8 Å². The lowest BCUT2D eigenvalue weighted by atomic mass is 10.1. The topological polar surface area (TPSA) is 58.6 Å². The van der Waals surface area contributed by atoms with Gasteiger partial charge < -0.3 is 19.4 Å². The summed E-state index contributed by atoms with van der Waals surface area (Å²) in [5, 5.41) is 10.3. The number of benzene rings is 1. The van der Waals surface area contributed by atoms with Crippen molar-refractivity contribution in [2.75, 3.05) is 6.79 Å². The minimum Gasteiger partial charge on any atom is -0.537 e. The summed E-state index contributed by atoms with van der Waals surface area (Å²) >= 11 is 3.39. The number of fused-ring (bicyclic) bond motifs is 1. The van der Waals surface area contributed by atoms with Gasteiger partial charge in [-0.3, -0.25) is 0 Å². The second kappa shape index (κ2) is 4.68. The molecule has 1 heterocycles. The molecule has 5 heteroatoms. The Kier molecular flexibility index (Phi) is 3.25. The molecule has 0 radical (unpaired) electrons. The van der Waals surface area contributed by atoms with E-state index in [1.807, 2.05) is 12.8 Å². The average molecular weight is 296 g/mol. The van der Waals surface area contributed by atoms with Gasteiger partial charge in [0, 0.05) is 21.7 Å². The molecule has 17 heavy (non-hydrogen) atoms. The van der Waals surface area contributed by atoms with Crippen LogP contribution in [0.4, 0.5) is 0 Å². The van der Waals surface area contributed by atoms with Crippen LogP contribution in [0.15, 0.2) is 10.5 Å². The first-order valence-corrected chi connectivity index (χ1v) is 5.76. The van der Waals surface area contributed by atoms with E-state index in [4.69, 9.17) is 9.47 Å². The molecular formula is C12H8BrO4-. The number of carboxylic acid groups (broad SMARTS) is 1. The highest BCUT2D eigenvalue weighted by atomic mass is 79.9. The first-order valence-electron chi connectivity index (χ1n) is 4.97. The summed E-state index contributed by atoms with van der Waals surface area (Å²) in [6, 6.07) is 1.65. The zero-order valence-electron chi connectivity index (χ0n) is 9.00. The number of halogens is 1. The second-order valence-electron chi connectivity index (χ2n) is 3.34. The number of hydrogen-bond acceptors (Lipinski definition) is 4. The molecule has 0 bridgehead atoms. The molecule has 4 nitrogen and oxygen atoms in total. The third kappa shape index (κ3) is 2.22. The molecule has 88 valence electrons. The Morgan fingerprint density at radius 2 is 2.35 bits per heavy atom. The van der Waals surface area contributed by atoms with E-state index < -0.39 is 5.97 Å². The van der Waals surface area contributed by atoms with E-state index >= 15 is 0 Å². The highest BCUT2D eigenvalue weighted by Crippen LogP contribution is 2.41. The van der Waals surface area contributed by atoms with E-state index in [1.165, 1.54) is 0 Å². The lowest BCUT2D eigenvalue weighted by Crippen LogP contribution is -2.19. The van der Waals surface area contributed by atoms with Crippen LogP contribution in [0.25, 0.3) is 0 Å². The Morgan fingerprint density at radius 1 is 1.59 bits per heavy atom. The van der Waals surface area contributed by atoms with Gasteiger partial charge in [-0.15, -0.1) is 0 Å². The zero-order chi connectivity index (χ0) is 12.4. The molecule has 0 fully saturated rings. The summed E-state index contributed by atoms with van der Waals surface area (Å²) in [5.41, 5.74) is 1.47. The molecule has 0 aliphatic carbocycles. The van der Waals surface area contributed by atoms with Crippen LogP contribution in [0.3, 0.4) is 0 Å². The molecule has 0 aromatic heterocycles. The number of carbonyl (C=O) groups is 1. The fourth-order valence-corrected chi connectivity index (χ4v) is 2.29. The molecule has 0 unspecified atom stereocenters. The van der Waals surface area contributed by atoms with Crippen LogP contribution in [0.1, 0.15) is 18.1 Å². The number of carbonyl (C=O) groups excluding carboxylic acids is 1. The predicted octanol–water partition coefficient (Wildman–Crippen LogP) is 0.842. The van der Waals surface area contributed by atoms with Gasteiger partial charge >= 0.3 is 0 Å². The van der Waals surface area contributed by atoms with Crippen LogP contribution in [0.5, 0.6) is 11.5 Å². The molecule has 1 aromatic rings. The largest absolute Gasteiger partial charge is 0.537 e. The smallest absolute Gasteiger partial charge is 0.231 e. The summed E-state index contributed by atoms with van der Waals surface area (Å²) in [7, 11) is 0. The molecule has 0 saturated carbocycles. The third-order valence-corrected chi connectivity index (χ3v) is 3.25. The van der Waals surface area contributed by atoms with Crippen molar-refractivity contribution in [1.82, 2.24) is 0 Å². The summed E-state index contributed by atoms with van der Waals surface area (Å²) in [6.45, 7) is 2.14. The minimum absolute atomic E-state index is 0.173. The number of ether oxygens (including phenoxy) is 2. The Morgan fingerprint density at radius 3 is 3.00 bits per heavy atom. The van der Waals surface area contributed by atoms with Gasteiger partial charge in [-0.25, -0.2) is 0 Å². The van der Waals surface area contributed by atoms with Gasteiger partial charge in [0.25, 0.3) is 0 Å². The van der Waals surface area contributed by atoms with Crippen LogP contribution < -0.4 is 14.6 Å². The molecule has 0 spiro atoms. The van der Waals surface area contributed by atoms with Crippen LogP contribution in [0, 0.1) is 11.8 Å². The first kappa shape index (κ1) is 11.8. The molecule has 2 rings (SSSR count). The lowest BCUT2D eigenvalue weighted by Gasteiger charge is -2.08. The van der Waals surface area contributed by atoms with Crippen molar-refractivity contribution in [3.05, 3.63) is 21.7 Å². The molecule has 0 N–H and O–H groups in total. The van der Waals surface area contributed by atoms with Gasteiger partial charge in [-0.1, -0.05) is 12.8 Å². The zero-order valence-corrected chi connectivity index (χ0v) is 10.6. The molecule has 1 aliphatic rings. The van der Waals surface area contributed by atoms with Gasteiger partial charge in [-0.05, 0) is 28.3 Å². The van der Waals surface area contributed by atoms with Gasteiger partial charge in [-0.2, -0.15) is 0 Å². The molecule has 0 saturated heterocycles. The van der Waals surface area contributed by atoms with Crippen molar-refractivity contribution < 1.29 is 19.4 Å². The van der Waals surface area contributed by atoms with Crippen LogP contribution >= 0.6 is 15.9 Å². The van der Waals surface area contributed by atoms with Crippen LogP contribution in [-0.2, 0) is 11.2 Å². The monoisotopic (exact) mass is 295 g/mol. The second-order valence-corrected chi connectivity index (χ2v) is 4.13. The Labute approximate surface area is 107 Å². The number of aliphatic carboxylic acids is 1. The van der Waals surface area contributed by atoms with Crippen molar-refractivity contribution in [3.8, 4) is 23.3 Å². The SMILES string of the molecule is CCc1c(Br)c(C#CC(=O)[O-])cc2c1OCO2. The fourth-order valence-electron chi connectivity index (χ4n) is 1.61. The summed E-state index contributed by atoms with van der Waals surface area (Å²) in [6.07, 6.45) is 0.729. The molecule has 1 aliphatic heterocycles. The normalized spacial score (nSPS) is 11.9. The maximum Gasteiger partial charge on any atom is 0.231 e. The number of rotatable bonds is 1. The Hall–Kier alpha value is -1.67. The van der Waals surface area contributed by atoms with Crippen molar-refractivity contribution in [2.24, 2.45) is 0 Å². The Bertz CT molecular complexity index is 540. The van der Waals surface area contributed by atoms with E-state index in [0.29, 0.717) is 17.1 Å². The molecule has 0 amide bonds. The third-order valence-electron chi connectivity index (χ3n) is 2.35. The van der Waals surface area contributed by atoms with Gasteiger partial charge in [0.2, 0.25) is 6.79 Å². The van der Waals surface area contributed by atoms with E-state index in [9.17, 15) is 9.90 Å². The average Bonchev–Trinajstić information content (AvgIpc) is 2.74. The van der Waals surface area contributed by atoms with E-state index in [2.05, 4.69) is 21.9 Å². The van der Waals surface area contributed by atoms with Gasteiger partial charge in [0.05, 0.1) is 0 Å². The number of carboxylic acids is 1. The van der Waals surface area contributed by atoms with Crippen molar-refractivity contribution in [2.45, 2.75) is 13.3 Å². The maximum absolute atomic E-state index is 10.3. The molecular weight excluding hydrogens is 288 g/mol. The Balaban J connectivity index is 2.56. The highest BCUT2D eigenvalue weighted by Gasteiger charge is 2.21. The fraction of sp³-hybridized carbons (Fsp3) is 0.250. The van der Waals surface area contributed by atoms with Gasteiger partial charge in [0.1, 0.15) is 5.97 Å². The van der Waals surface area contributed by atoms with E-state index in [1.54, 1.807) is 6.07 Å². The standard InChI is InChI=1S/C12H9BrO4/c1-2-8-11(13)7(3-4-10(14)15)5-9-12(8)17-6-16-9/h5H,2,6H2,1H3,(H,14,15)/p-1. The van der Waals surface area contributed by atoms with Crippen molar-refractivity contribution >= 4 is 21.9 Å². The van der Waals surface area contributed by atoms with E-state index in [-0.39, 0.29) is 6.79 Å². The molecule has 0 atom stereocenters. The van der Waals surface area contributed by atoms with Crippen molar-refractivity contribution in [3.63, 3.8) is 0 Å². The lowest BCUT2D eigenvalue weighted by molar-refractivity contribution is -0.295. The van der Waals surface area contributed by atoms with Crippen molar-refractivity contribution in [1.29, 1.82) is 0 Å². The maximum atomic E-state index is 10.3. The number of hydrogen-bond donors (Lipinski definition) is 0. The summed E-state index contributed by atoms with van der Waals surface area (Å²) in [4.78, 5) is 10.3. The minimum atomic E-state index is -1.41. The molecule has 1 aromatic carbocycles. The van der Waals surface area contributed by atoms with E-state index in [0.717, 1.165) is 16.5 Å².